The van der Waals surface area contributed by atoms with Gasteiger partial charge in [-0.25, -0.2) is 9.59 Å². The highest BCUT2D eigenvalue weighted by Gasteiger charge is 2.00. The van der Waals surface area contributed by atoms with Crippen molar-refractivity contribution in [1.29, 1.82) is 0 Å². The summed E-state index contributed by atoms with van der Waals surface area (Å²) in [6.45, 7) is 5.18. The molecule has 0 atom stereocenters. The van der Waals surface area contributed by atoms with Crippen LogP contribution in [0.15, 0.2) is 22.1 Å². The van der Waals surface area contributed by atoms with E-state index in [2.05, 4.69) is 9.98 Å². The molecule has 6 heteroatoms. The zero-order valence-corrected chi connectivity index (χ0v) is 12.1. The topological polar surface area (TPSA) is 77.3 Å². The molecule has 0 unspecified atom stereocenters. The number of rotatable bonds is 10. The maximum absolute atomic E-state index is 11.2. The highest BCUT2D eigenvalue weighted by Crippen LogP contribution is 1.87. The molecule has 0 rings (SSSR count). The van der Waals surface area contributed by atoms with Gasteiger partial charge in [-0.15, -0.1) is 0 Å². The lowest BCUT2D eigenvalue weighted by atomic mass is 10.5. The van der Waals surface area contributed by atoms with Crippen molar-refractivity contribution < 1.29 is 19.1 Å². The maximum Gasteiger partial charge on any atom is 0.331 e. The molecule has 0 aliphatic heterocycles. The van der Waals surface area contributed by atoms with E-state index in [4.69, 9.17) is 9.47 Å². The first-order chi connectivity index (χ1) is 9.70. The second kappa shape index (κ2) is 13.5. The van der Waals surface area contributed by atoms with Crippen LogP contribution in [0, 0.1) is 0 Å². The van der Waals surface area contributed by atoms with Crippen LogP contribution in [0.2, 0.25) is 0 Å². The first kappa shape index (κ1) is 18.0. The molecule has 6 nitrogen and oxygen atoms in total. The van der Waals surface area contributed by atoms with Crippen molar-refractivity contribution in [3.05, 3.63) is 12.2 Å². The van der Waals surface area contributed by atoms with Gasteiger partial charge in [-0.05, 0) is 25.3 Å². The Morgan fingerprint density at radius 2 is 1.25 bits per heavy atom. The Labute approximate surface area is 119 Å². The molecule has 0 heterocycles. The monoisotopic (exact) mass is 282 g/mol. The third-order valence-corrected chi connectivity index (χ3v) is 1.91. The second-order valence-corrected chi connectivity index (χ2v) is 3.66. The maximum atomic E-state index is 11.2. The molecule has 0 N–H and O–H groups in total. The first-order valence-corrected chi connectivity index (χ1v) is 6.68. The van der Waals surface area contributed by atoms with Crippen LogP contribution in [0.3, 0.4) is 0 Å². The summed E-state index contributed by atoms with van der Waals surface area (Å²) in [6.07, 6.45) is 7.29. The Hall–Kier alpha value is -1.98. The number of hydrogen-bond acceptors (Lipinski definition) is 6. The van der Waals surface area contributed by atoms with Crippen LogP contribution in [0.4, 0.5) is 0 Å². The molecule has 0 amide bonds. The predicted molar refractivity (Wildman–Crippen MR) is 78.4 cm³/mol. The summed E-state index contributed by atoms with van der Waals surface area (Å²) in [5.41, 5.74) is 0. The van der Waals surface area contributed by atoms with Gasteiger partial charge in [0.15, 0.2) is 0 Å². The fraction of sp³-hybridized carbons (Fsp3) is 0.571. The van der Waals surface area contributed by atoms with Gasteiger partial charge in [-0.3, -0.25) is 9.98 Å². The van der Waals surface area contributed by atoms with Crippen molar-refractivity contribution in [2.75, 3.05) is 26.3 Å². The minimum absolute atomic E-state index is 0.195. The molecule has 0 aliphatic rings. The lowest BCUT2D eigenvalue weighted by molar-refractivity contribution is -0.140. The number of carbonyl (C=O) groups is 2. The van der Waals surface area contributed by atoms with Crippen molar-refractivity contribution in [3.63, 3.8) is 0 Å². The van der Waals surface area contributed by atoms with Crippen LogP contribution in [-0.4, -0.2) is 50.7 Å². The Morgan fingerprint density at radius 1 is 0.850 bits per heavy atom. The van der Waals surface area contributed by atoms with E-state index >= 15 is 0 Å². The number of hydrogen-bond donors (Lipinski definition) is 0. The van der Waals surface area contributed by atoms with Crippen molar-refractivity contribution >= 4 is 24.4 Å². The SMILES string of the molecule is CCC=NCCOC(=O)/C=C\C(=O)OCCN=CCC. The molecule has 0 saturated carbocycles. The summed E-state index contributed by atoms with van der Waals surface area (Å²) >= 11 is 0. The van der Waals surface area contributed by atoms with Crippen molar-refractivity contribution in [2.24, 2.45) is 9.98 Å². The third-order valence-electron chi connectivity index (χ3n) is 1.91. The molecule has 0 spiro atoms. The van der Waals surface area contributed by atoms with Gasteiger partial charge in [0, 0.05) is 12.2 Å². The normalized spacial score (nSPS) is 11.5. The van der Waals surface area contributed by atoms with E-state index in [0.717, 1.165) is 25.0 Å². The van der Waals surface area contributed by atoms with E-state index in [1.165, 1.54) is 0 Å². The Morgan fingerprint density at radius 3 is 1.60 bits per heavy atom. The van der Waals surface area contributed by atoms with E-state index in [1.807, 2.05) is 13.8 Å². The number of carbonyl (C=O) groups excluding carboxylic acids is 2. The molecule has 0 fully saturated rings. The summed E-state index contributed by atoms with van der Waals surface area (Å²) in [4.78, 5) is 30.4. The van der Waals surface area contributed by atoms with Gasteiger partial charge < -0.3 is 9.47 Å². The molecule has 20 heavy (non-hydrogen) atoms. The molecular formula is C14H22N2O4. The minimum atomic E-state index is -0.586. The van der Waals surface area contributed by atoms with Crippen molar-refractivity contribution in [2.45, 2.75) is 26.7 Å². The summed E-state index contributed by atoms with van der Waals surface area (Å²) in [7, 11) is 0. The van der Waals surface area contributed by atoms with Crippen LogP contribution in [0.5, 0.6) is 0 Å². The molecule has 0 aromatic heterocycles. The summed E-state index contributed by atoms with van der Waals surface area (Å²) in [5, 5.41) is 0. The van der Waals surface area contributed by atoms with E-state index in [-0.39, 0.29) is 13.2 Å². The average molecular weight is 282 g/mol. The fourth-order valence-electron chi connectivity index (χ4n) is 1.07. The van der Waals surface area contributed by atoms with E-state index in [9.17, 15) is 9.59 Å². The number of nitrogens with zero attached hydrogens (tertiary/aromatic N) is 2. The quantitative estimate of drug-likeness (QED) is 0.264. The Balaban J connectivity index is 3.69. The minimum Gasteiger partial charge on any atom is -0.461 e. The van der Waals surface area contributed by atoms with E-state index < -0.39 is 11.9 Å². The Bertz CT molecular complexity index is 328. The molecule has 0 radical (unpaired) electrons. The van der Waals surface area contributed by atoms with Crippen LogP contribution in [-0.2, 0) is 19.1 Å². The van der Waals surface area contributed by atoms with Crippen LogP contribution >= 0.6 is 0 Å². The smallest absolute Gasteiger partial charge is 0.331 e. The van der Waals surface area contributed by atoms with Crippen LogP contribution in [0.25, 0.3) is 0 Å². The van der Waals surface area contributed by atoms with Gasteiger partial charge >= 0.3 is 11.9 Å². The highest BCUT2D eigenvalue weighted by molar-refractivity contribution is 5.91. The molecule has 112 valence electrons. The van der Waals surface area contributed by atoms with Crippen LogP contribution in [0.1, 0.15) is 26.7 Å². The van der Waals surface area contributed by atoms with Gasteiger partial charge in [0.1, 0.15) is 13.2 Å². The lowest BCUT2D eigenvalue weighted by Crippen LogP contribution is -2.08. The van der Waals surface area contributed by atoms with Gasteiger partial charge in [-0.2, -0.15) is 0 Å². The average Bonchev–Trinajstić information content (AvgIpc) is 2.44. The van der Waals surface area contributed by atoms with E-state index in [1.54, 1.807) is 12.4 Å². The number of esters is 2. The third kappa shape index (κ3) is 12.5. The summed E-state index contributed by atoms with van der Waals surface area (Å²) in [5.74, 6) is -1.17. The first-order valence-electron chi connectivity index (χ1n) is 6.68. The van der Waals surface area contributed by atoms with Gasteiger partial charge in [0.2, 0.25) is 0 Å². The molecule has 0 aromatic rings. The zero-order chi connectivity index (χ0) is 15.1. The van der Waals surface area contributed by atoms with Gasteiger partial charge in [-0.1, -0.05) is 13.8 Å². The highest BCUT2D eigenvalue weighted by atomic mass is 16.5. The van der Waals surface area contributed by atoms with Gasteiger partial charge in [0.25, 0.3) is 0 Å². The van der Waals surface area contributed by atoms with Crippen molar-refractivity contribution in [3.8, 4) is 0 Å². The molecule has 0 aliphatic carbocycles. The van der Waals surface area contributed by atoms with Gasteiger partial charge in [0.05, 0.1) is 13.1 Å². The second-order valence-electron chi connectivity index (χ2n) is 3.66. The summed E-state index contributed by atoms with van der Waals surface area (Å²) in [6, 6.07) is 0. The molecular weight excluding hydrogens is 260 g/mol. The van der Waals surface area contributed by atoms with Crippen molar-refractivity contribution in [1.82, 2.24) is 0 Å². The number of ether oxygens (including phenoxy) is 2. The zero-order valence-electron chi connectivity index (χ0n) is 12.1. The summed E-state index contributed by atoms with van der Waals surface area (Å²) < 4.78 is 9.65. The molecule has 0 bridgehead atoms. The largest absolute Gasteiger partial charge is 0.461 e. The Kier molecular flexibility index (Phi) is 12.1. The van der Waals surface area contributed by atoms with E-state index in [0.29, 0.717) is 13.1 Å². The standard InChI is InChI=1S/C14H22N2O4/c1-3-7-15-9-11-19-13(17)5-6-14(18)20-12-10-16-8-4-2/h5-8H,3-4,9-12H2,1-2H3/b6-5-,15-7?,16-8?. The number of aliphatic imine (C=N–C) groups is 2. The molecule has 0 saturated heterocycles. The lowest BCUT2D eigenvalue weighted by Gasteiger charge is -1.99. The fourth-order valence-corrected chi connectivity index (χ4v) is 1.07. The molecule has 0 aromatic carbocycles. The van der Waals surface area contributed by atoms with Crippen LogP contribution < -0.4 is 0 Å². The predicted octanol–water partition coefficient (Wildman–Crippen LogP) is 1.59.